The van der Waals surface area contributed by atoms with Gasteiger partial charge in [0.15, 0.2) is 5.43 Å². The zero-order valence-electron chi connectivity index (χ0n) is 15.1. The van der Waals surface area contributed by atoms with Gasteiger partial charge in [0.2, 0.25) is 0 Å². The third kappa shape index (κ3) is 2.59. The van der Waals surface area contributed by atoms with Crippen molar-refractivity contribution in [3.63, 3.8) is 0 Å². The Kier molecular flexibility index (Phi) is 4.20. The lowest BCUT2D eigenvalue weighted by Crippen LogP contribution is -2.47. The van der Waals surface area contributed by atoms with Gasteiger partial charge in [-0.25, -0.2) is 0 Å². The van der Waals surface area contributed by atoms with Crippen LogP contribution in [0.4, 0.5) is 0 Å². The molecule has 6 heteroatoms. The fraction of sp³-hybridized carbons (Fsp3) is 0.550. The molecule has 2 N–H and O–H groups in total. The Labute approximate surface area is 151 Å². The molecule has 1 aromatic heterocycles. The quantitative estimate of drug-likeness (QED) is 0.871. The molecule has 2 aliphatic rings. The van der Waals surface area contributed by atoms with Crippen LogP contribution >= 0.6 is 0 Å². The number of benzene rings is 1. The lowest BCUT2D eigenvalue weighted by atomic mass is 9.74. The minimum Gasteiger partial charge on any atom is -0.492 e. The number of rotatable bonds is 4. The van der Waals surface area contributed by atoms with Gasteiger partial charge in [0.25, 0.3) is 0 Å². The molecule has 1 aliphatic heterocycles. The molecule has 26 heavy (non-hydrogen) atoms. The lowest BCUT2D eigenvalue weighted by Gasteiger charge is -2.37. The van der Waals surface area contributed by atoms with Crippen LogP contribution in [0.3, 0.4) is 0 Å². The highest BCUT2D eigenvalue weighted by Crippen LogP contribution is 2.54. The Morgan fingerprint density at radius 1 is 1.38 bits per heavy atom. The molecular formula is C20H24O6. The molecule has 2 heterocycles. The highest BCUT2D eigenvalue weighted by atomic mass is 16.5. The van der Waals surface area contributed by atoms with Crippen LogP contribution in [0.5, 0.6) is 11.5 Å². The first-order chi connectivity index (χ1) is 12.5. The van der Waals surface area contributed by atoms with Crippen molar-refractivity contribution in [1.82, 2.24) is 0 Å². The summed E-state index contributed by atoms with van der Waals surface area (Å²) >= 11 is 0. The van der Waals surface area contributed by atoms with Crippen LogP contribution in [0.2, 0.25) is 0 Å². The topological polar surface area (TPSA) is 89.1 Å². The molecular weight excluding hydrogens is 336 g/mol. The Morgan fingerprint density at radius 2 is 2.19 bits per heavy atom. The van der Waals surface area contributed by atoms with Crippen LogP contribution in [0.1, 0.15) is 56.8 Å². The highest BCUT2D eigenvalue weighted by Gasteiger charge is 2.50. The zero-order chi connectivity index (χ0) is 18.5. The van der Waals surface area contributed by atoms with E-state index in [9.17, 15) is 15.0 Å². The van der Waals surface area contributed by atoms with Crippen molar-refractivity contribution >= 4 is 11.0 Å². The number of ether oxygens (including phenoxy) is 2. The van der Waals surface area contributed by atoms with Gasteiger partial charge in [-0.1, -0.05) is 6.92 Å². The Balaban J connectivity index is 1.96. The van der Waals surface area contributed by atoms with Gasteiger partial charge >= 0.3 is 0 Å². The second-order valence-corrected chi connectivity index (χ2v) is 7.47. The van der Waals surface area contributed by atoms with E-state index in [4.69, 9.17) is 13.9 Å². The predicted molar refractivity (Wildman–Crippen MR) is 95.8 cm³/mol. The fourth-order valence-electron chi connectivity index (χ4n) is 4.26. The van der Waals surface area contributed by atoms with E-state index < -0.39 is 5.60 Å². The summed E-state index contributed by atoms with van der Waals surface area (Å²) in [6.07, 6.45) is 2.89. The maximum absolute atomic E-state index is 12.7. The van der Waals surface area contributed by atoms with E-state index in [1.54, 1.807) is 13.0 Å². The maximum atomic E-state index is 12.7. The molecule has 6 nitrogen and oxygen atoms in total. The molecule has 1 aliphatic carbocycles. The molecule has 4 rings (SSSR count). The van der Waals surface area contributed by atoms with Gasteiger partial charge in [0, 0.05) is 23.6 Å². The number of aliphatic hydroxyl groups is 2. The normalized spacial score (nSPS) is 27.1. The molecule has 3 atom stereocenters. The number of hydrogen-bond acceptors (Lipinski definition) is 6. The van der Waals surface area contributed by atoms with Crippen LogP contribution < -0.4 is 14.9 Å². The summed E-state index contributed by atoms with van der Waals surface area (Å²) in [5.41, 5.74) is 0.0315. The largest absolute Gasteiger partial charge is 0.492 e. The summed E-state index contributed by atoms with van der Waals surface area (Å²) < 4.78 is 17.8. The molecule has 0 saturated heterocycles. The van der Waals surface area contributed by atoms with Gasteiger partial charge < -0.3 is 24.1 Å². The SMILES string of the molecule is CCCOc1c2c(cc3oc(CO)cc(=O)c13)OC1C2CCCC1(C)O. The van der Waals surface area contributed by atoms with Crippen LogP contribution in [0.15, 0.2) is 21.3 Å². The van der Waals surface area contributed by atoms with E-state index in [0.29, 0.717) is 35.5 Å². The first kappa shape index (κ1) is 17.4. The smallest absolute Gasteiger partial charge is 0.196 e. The number of fused-ring (bicyclic) bond motifs is 4. The average Bonchev–Trinajstić information content (AvgIpc) is 2.98. The van der Waals surface area contributed by atoms with Crippen LogP contribution in [-0.4, -0.2) is 28.5 Å². The Hall–Kier alpha value is -2.05. The van der Waals surface area contributed by atoms with Crippen molar-refractivity contribution in [3.05, 3.63) is 33.7 Å². The van der Waals surface area contributed by atoms with Crippen molar-refractivity contribution in [1.29, 1.82) is 0 Å². The molecule has 2 aromatic rings. The number of hydrogen-bond donors (Lipinski definition) is 2. The molecule has 3 unspecified atom stereocenters. The summed E-state index contributed by atoms with van der Waals surface area (Å²) in [6, 6.07) is 3.00. The standard InChI is InChI=1S/C20H24O6/c1-3-7-24-18-16-12-5-4-6-20(2,23)19(12)26-14(16)9-15-17(18)13(22)8-11(10-21)25-15/h8-9,12,19,21,23H,3-7,10H2,1-2H3. The second-order valence-electron chi connectivity index (χ2n) is 7.47. The van der Waals surface area contributed by atoms with E-state index in [0.717, 1.165) is 24.8 Å². The summed E-state index contributed by atoms with van der Waals surface area (Å²) in [4.78, 5) is 12.7. The predicted octanol–water partition coefficient (Wildman–Crippen LogP) is 2.85. The van der Waals surface area contributed by atoms with E-state index in [-0.39, 0.29) is 29.8 Å². The zero-order valence-corrected chi connectivity index (χ0v) is 15.1. The van der Waals surface area contributed by atoms with Gasteiger partial charge in [0.1, 0.15) is 40.9 Å². The van der Waals surface area contributed by atoms with Crippen molar-refractivity contribution in [3.8, 4) is 11.5 Å². The van der Waals surface area contributed by atoms with Gasteiger partial charge in [-0.3, -0.25) is 4.79 Å². The van der Waals surface area contributed by atoms with Gasteiger partial charge in [0.05, 0.1) is 12.2 Å². The van der Waals surface area contributed by atoms with Gasteiger partial charge in [-0.15, -0.1) is 0 Å². The Bertz CT molecular complexity index is 897. The molecule has 0 bridgehead atoms. The summed E-state index contributed by atoms with van der Waals surface area (Å²) in [5, 5.41) is 20.5. The van der Waals surface area contributed by atoms with Crippen LogP contribution in [0, 0.1) is 0 Å². The third-order valence-electron chi connectivity index (χ3n) is 5.43. The maximum Gasteiger partial charge on any atom is 0.196 e. The lowest BCUT2D eigenvalue weighted by molar-refractivity contribution is -0.0725. The summed E-state index contributed by atoms with van der Waals surface area (Å²) in [6.45, 7) is 3.92. The van der Waals surface area contributed by atoms with E-state index in [1.807, 2.05) is 6.92 Å². The molecule has 0 spiro atoms. The molecule has 1 aromatic carbocycles. The van der Waals surface area contributed by atoms with Crippen molar-refractivity contribution in [2.24, 2.45) is 0 Å². The second kappa shape index (κ2) is 6.28. The first-order valence-corrected chi connectivity index (χ1v) is 9.22. The van der Waals surface area contributed by atoms with Crippen LogP contribution in [-0.2, 0) is 6.61 Å². The molecule has 140 valence electrons. The van der Waals surface area contributed by atoms with Crippen LogP contribution in [0.25, 0.3) is 11.0 Å². The van der Waals surface area contributed by atoms with E-state index in [1.165, 1.54) is 6.07 Å². The molecule has 1 saturated carbocycles. The first-order valence-electron chi connectivity index (χ1n) is 9.22. The molecule has 0 amide bonds. The van der Waals surface area contributed by atoms with Crippen molar-refractivity contribution in [2.75, 3.05) is 6.61 Å². The van der Waals surface area contributed by atoms with Crippen molar-refractivity contribution < 1.29 is 24.1 Å². The fourth-order valence-corrected chi connectivity index (χ4v) is 4.26. The molecule has 0 radical (unpaired) electrons. The minimum absolute atomic E-state index is 0.0121. The van der Waals surface area contributed by atoms with Crippen molar-refractivity contribution in [2.45, 2.75) is 63.8 Å². The highest BCUT2D eigenvalue weighted by molar-refractivity contribution is 5.88. The van der Waals surface area contributed by atoms with Gasteiger partial charge in [-0.05, 0) is 32.6 Å². The monoisotopic (exact) mass is 360 g/mol. The van der Waals surface area contributed by atoms with E-state index in [2.05, 4.69) is 0 Å². The third-order valence-corrected chi connectivity index (χ3v) is 5.43. The van der Waals surface area contributed by atoms with E-state index >= 15 is 0 Å². The molecule has 1 fully saturated rings. The minimum atomic E-state index is -0.927. The summed E-state index contributed by atoms with van der Waals surface area (Å²) in [5.74, 6) is 1.29. The number of aliphatic hydroxyl groups excluding tert-OH is 1. The Morgan fingerprint density at radius 3 is 2.92 bits per heavy atom. The summed E-state index contributed by atoms with van der Waals surface area (Å²) in [7, 11) is 0. The van der Waals surface area contributed by atoms with Gasteiger partial charge in [-0.2, -0.15) is 0 Å². The average molecular weight is 360 g/mol.